The highest BCUT2D eigenvalue weighted by atomic mass is 32.2. The number of sulfonamides is 2. The molecule has 2 N–H and O–H groups in total. The first-order chi connectivity index (χ1) is 14.1. The number of primary sulfonamides is 1. The molecule has 3 rings (SSSR count). The standard InChI is InChI=1S/C20H27N3O4S3/c1-16-3-4-18(15-17(16)2)28-14-13-22-9-11-23(12-10-22)30(26,27)20-7-5-19(6-8-20)29(21,24)25/h3-8,15H,9-14H2,1-2H3,(H2,21,24,25). The average molecular weight is 470 g/mol. The lowest BCUT2D eigenvalue weighted by Crippen LogP contribution is -2.49. The Morgan fingerprint density at radius 1 is 0.867 bits per heavy atom. The molecule has 30 heavy (non-hydrogen) atoms. The molecule has 0 aliphatic carbocycles. The molecule has 0 amide bonds. The molecule has 1 aliphatic rings. The molecule has 0 atom stereocenters. The molecule has 2 aromatic rings. The van der Waals surface area contributed by atoms with Crippen molar-refractivity contribution in [3.63, 3.8) is 0 Å². The highest BCUT2D eigenvalue weighted by Crippen LogP contribution is 2.22. The fraction of sp³-hybridized carbons (Fsp3) is 0.400. The first-order valence-corrected chi connectivity index (χ1v) is 13.6. The Bertz CT molecular complexity index is 1090. The summed E-state index contributed by atoms with van der Waals surface area (Å²) in [4.78, 5) is 3.49. The van der Waals surface area contributed by atoms with Crippen LogP contribution < -0.4 is 5.14 Å². The van der Waals surface area contributed by atoms with Crippen LogP contribution in [0.3, 0.4) is 0 Å². The molecule has 7 nitrogen and oxygen atoms in total. The minimum atomic E-state index is -3.85. The predicted molar refractivity (Wildman–Crippen MR) is 120 cm³/mol. The van der Waals surface area contributed by atoms with Crippen molar-refractivity contribution in [3.8, 4) is 0 Å². The summed E-state index contributed by atoms with van der Waals surface area (Å²) in [6.07, 6.45) is 0. The SMILES string of the molecule is Cc1ccc(SCCN2CCN(S(=O)(=O)c3ccc(S(N)(=O)=O)cc3)CC2)cc1C. The number of nitrogens with two attached hydrogens (primary N) is 1. The molecule has 2 aromatic carbocycles. The van der Waals surface area contributed by atoms with Crippen molar-refractivity contribution in [2.75, 3.05) is 38.5 Å². The molecule has 0 bridgehead atoms. The van der Waals surface area contributed by atoms with Crippen LogP contribution in [0.1, 0.15) is 11.1 Å². The van der Waals surface area contributed by atoms with E-state index >= 15 is 0 Å². The maximum absolute atomic E-state index is 12.8. The Labute approximate surface area is 183 Å². The smallest absolute Gasteiger partial charge is 0.243 e. The van der Waals surface area contributed by atoms with Gasteiger partial charge in [-0.05, 0) is 61.4 Å². The Balaban J connectivity index is 1.52. The summed E-state index contributed by atoms with van der Waals surface area (Å²) < 4.78 is 49.8. The van der Waals surface area contributed by atoms with Crippen LogP contribution in [0.15, 0.2) is 57.2 Å². The van der Waals surface area contributed by atoms with E-state index in [4.69, 9.17) is 5.14 Å². The summed E-state index contributed by atoms with van der Waals surface area (Å²) in [7, 11) is -7.50. The lowest BCUT2D eigenvalue weighted by Gasteiger charge is -2.33. The third-order valence-electron chi connectivity index (χ3n) is 5.28. The van der Waals surface area contributed by atoms with Crippen molar-refractivity contribution >= 4 is 31.8 Å². The van der Waals surface area contributed by atoms with E-state index in [1.165, 1.54) is 44.6 Å². The van der Waals surface area contributed by atoms with Crippen LogP contribution in [0.5, 0.6) is 0 Å². The molecule has 10 heteroatoms. The molecule has 1 saturated heterocycles. The van der Waals surface area contributed by atoms with Crippen LogP contribution >= 0.6 is 11.8 Å². The van der Waals surface area contributed by atoms with Gasteiger partial charge in [0.05, 0.1) is 9.79 Å². The third kappa shape index (κ3) is 5.63. The average Bonchev–Trinajstić information content (AvgIpc) is 2.70. The van der Waals surface area contributed by atoms with Crippen LogP contribution in [0.4, 0.5) is 0 Å². The van der Waals surface area contributed by atoms with E-state index in [-0.39, 0.29) is 9.79 Å². The summed E-state index contributed by atoms with van der Waals surface area (Å²) in [5.74, 6) is 0.949. The molecule has 0 saturated carbocycles. The lowest BCUT2D eigenvalue weighted by molar-refractivity contribution is 0.197. The van der Waals surface area contributed by atoms with Gasteiger partial charge in [-0.2, -0.15) is 4.31 Å². The van der Waals surface area contributed by atoms with E-state index < -0.39 is 20.0 Å². The van der Waals surface area contributed by atoms with Crippen molar-refractivity contribution in [1.82, 2.24) is 9.21 Å². The molecule has 0 aromatic heterocycles. The van der Waals surface area contributed by atoms with Crippen LogP contribution in [-0.2, 0) is 20.0 Å². The summed E-state index contributed by atoms with van der Waals surface area (Å²) in [5.41, 5.74) is 2.58. The second-order valence-electron chi connectivity index (χ2n) is 7.36. The zero-order valence-corrected chi connectivity index (χ0v) is 19.6. The van der Waals surface area contributed by atoms with Gasteiger partial charge in [0.25, 0.3) is 0 Å². The van der Waals surface area contributed by atoms with Crippen LogP contribution in [-0.4, -0.2) is 64.5 Å². The molecular weight excluding hydrogens is 442 g/mol. The Morgan fingerprint density at radius 3 is 2.03 bits per heavy atom. The van der Waals surface area contributed by atoms with E-state index in [9.17, 15) is 16.8 Å². The van der Waals surface area contributed by atoms with Crippen molar-refractivity contribution < 1.29 is 16.8 Å². The van der Waals surface area contributed by atoms with E-state index in [1.807, 2.05) is 11.8 Å². The van der Waals surface area contributed by atoms with Crippen LogP contribution in [0.2, 0.25) is 0 Å². The van der Waals surface area contributed by atoms with Gasteiger partial charge in [-0.1, -0.05) is 6.07 Å². The number of nitrogens with zero attached hydrogens (tertiary/aromatic N) is 2. The zero-order chi connectivity index (χ0) is 21.9. The van der Waals surface area contributed by atoms with Gasteiger partial charge in [-0.3, -0.25) is 4.90 Å². The first-order valence-electron chi connectivity index (χ1n) is 9.63. The van der Waals surface area contributed by atoms with Gasteiger partial charge in [0, 0.05) is 43.4 Å². The van der Waals surface area contributed by atoms with Crippen LogP contribution in [0, 0.1) is 13.8 Å². The van der Waals surface area contributed by atoms with Gasteiger partial charge >= 0.3 is 0 Å². The molecule has 164 valence electrons. The number of benzene rings is 2. The fourth-order valence-electron chi connectivity index (χ4n) is 3.24. The number of thioether (sulfide) groups is 1. The third-order valence-corrected chi connectivity index (χ3v) is 9.09. The quantitative estimate of drug-likeness (QED) is 0.623. The van der Waals surface area contributed by atoms with E-state index in [1.54, 1.807) is 0 Å². The largest absolute Gasteiger partial charge is 0.300 e. The molecule has 1 fully saturated rings. The maximum atomic E-state index is 12.8. The highest BCUT2D eigenvalue weighted by Gasteiger charge is 2.28. The fourth-order valence-corrected chi connectivity index (χ4v) is 6.19. The number of piperazine rings is 1. The Kier molecular flexibility index (Phi) is 7.26. The zero-order valence-electron chi connectivity index (χ0n) is 17.1. The first kappa shape index (κ1) is 23.2. The molecule has 1 aliphatic heterocycles. The van der Waals surface area contributed by atoms with Gasteiger partial charge in [-0.25, -0.2) is 22.0 Å². The second-order valence-corrected chi connectivity index (χ2v) is 12.0. The maximum Gasteiger partial charge on any atom is 0.243 e. The van der Waals surface area contributed by atoms with Crippen molar-refractivity contribution in [2.24, 2.45) is 5.14 Å². The number of aryl methyl sites for hydroxylation is 2. The van der Waals surface area contributed by atoms with Crippen molar-refractivity contribution in [3.05, 3.63) is 53.6 Å². The summed E-state index contributed by atoms with van der Waals surface area (Å²) >= 11 is 1.81. The van der Waals surface area contributed by atoms with Gasteiger partial charge in [-0.15, -0.1) is 11.8 Å². The predicted octanol–water partition coefficient (Wildman–Crippen LogP) is 2.05. The highest BCUT2D eigenvalue weighted by molar-refractivity contribution is 7.99. The topological polar surface area (TPSA) is 101 Å². The van der Waals surface area contributed by atoms with Crippen molar-refractivity contribution in [1.29, 1.82) is 0 Å². The van der Waals surface area contributed by atoms with Gasteiger partial charge in [0.1, 0.15) is 0 Å². The van der Waals surface area contributed by atoms with E-state index in [0.29, 0.717) is 26.2 Å². The normalized spacial score (nSPS) is 16.6. The lowest BCUT2D eigenvalue weighted by atomic mass is 10.1. The second kappa shape index (κ2) is 9.37. The molecule has 0 radical (unpaired) electrons. The van der Waals surface area contributed by atoms with E-state index in [0.717, 1.165) is 12.3 Å². The van der Waals surface area contributed by atoms with Gasteiger partial charge < -0.3 is 0 Å². The summed E-state index contributed by atoms with van der Waals surface area (Å²) in [5, 5.41) is 5.07. The van der Waals surface area contributed by atoms with E-state index in [2.05, 4.69) is 36.9 Å². The minimum absolute atomic E-state index is 0.0775. The van der Waals surface area contributed by atoms with Gasteiger partial charge in [0.15, 0.2) is 0 Å². The Morgan fingerprint density at radius 2 is 1.47 bits per heavy atom. The molecule has 0 spiro atoms. The van der Waals surface area contributed by atoms with Gasteiger partial charge in [0.2, 0.25) is 20.0 Å². The summed E-state index contributed by atoms with van der Waals surface area (Å²) in [6, 6.07) is 11.5. The molecule has 1 heterocycles. The number of hydrogen-bond acceptors (Lipinski definition) is 6. The number of rotatable bonds is 7. The number of hydrogen-bond donors (Lipinski definition) is 1. The monoisotopic (exact) mass is 469 g/mol. The van der Waals surface area contributed by atoms with Crippen LogP contribution in [0.25, 0.3) is 0 Å². The minimum Gasteiger partial charge on any atom is -0.300 e. The van der Waals surface area contributed by atoms with Crippen molar-refractivity contribution in [2.45, 2.75) is 28.5 Å². The summed E-state index contributed by atoms with van der Waals surface area (Å²) in [6.45, 7) is 7.27. The molecule has 0 unspecified atom stereocenters. The Hall–Kier alpha value is -1.43. The molecular formula is C20H27N3O4S3.